The molecule has 138 valence electrons. The van der Waals surface area contributed by atoms with Crippen LogP contribution in [0.25, 0.3) is 0 Å². The second-order valence-corrected chi connectivity index (χ2v) is 7.67. The van der Waals surface area contributed by atoms with Gasteiger partial charge in [0, 0.05) is 11.9 Å². The number of unbranched alkanes of at least 4 members (excludes halogenated alkanes) is 6. The van der Waals surface area contributed by atoms with E-state index < -0.39 is 7.12 Å². The Labute approximate surface area is 148 Å². The molecule has 1 aliphatic heterocycles. The Kier molecular flexibility index (Phi) is 8.51. The number of allylic oxidation sites excluding steroid dienone is 1. The van der Waals surface area contributed by atoms with Gasteiger partial charge in [-0.2, -0.15) is 0 Å². The monoisotopic (exact) mass is 338 g/mol. The third kappa shape index (κ3) is 6.25. The van der Waals surface area contributed by atoms with Crippen LogP contribution >= 0.6 is 0 Å². The van der Waals surface area contributed by atoms with Crippen LogP contribution in [0.2, 0.25) is 6.32 Å². The molecule has 1 saturated heterocycles. The Bertz CT molecular complexity index is 413. The second kappa shape index (κ2) is 9.62. The van der Waals surface area contributed by atoms with E-state index in [-0.39, 0.29) is 17.2 Å². The highest BCUT2D eigenvalue weighted by Crippen LogP contribution is 2.38. The lowest BCUT2D eigenvalue weighted by molar-refractivity contribution is -0.136. The fourth-order valence-electron chi connectivity index (χ4n) is 2.81. The van der Waals surface area contributed by atoms with Crippen molar-refractivity contribution in [1.29, 1.82) is 0 Å². The molecule has 1 aliphatic rings. The van der Waals surface area contributed by atoms with Crippen molar-refractivity contribution in [2.45, 2.75) is 97.1 Å². The average Bonchev–Trinajstić information content (AvgIpc) is 2.71. The molecular formula is C19H35BO4. The van der Waals surface area contributed by atoms with Crippen LogP contribution in [-0.4, -0.2) is 31.4 Å². The number of carbonyl (C=O) groups excluding carboxylic acids is 1. The Morgan fingerprint density at radius 3 is 2.08 bits per heavy atom. The van der Waals surface area contributed by atoms with Gasteiger partial charge < -0.3 is 14.0 Å². The number of methoxy groups -OCH3 is 1. The van der Waals surface area contributed by atoms with Crippen molar-refractivity contribution in [2.24, 2.45) is 0 Å². The number of esters is 1. The molecule has 1 heterocycles. The van der Waals surface area contributed by atoms with E-state index in [0.717, 1.165) is 12.8 Å². The van der Waals surface area contributed by atoms with Crippen molar-refractivity contribution < 1.29 is 18.8 Å². The molecule has 0 atom stereocenters. The highest BCUT2D eigenvalue weighted by Gasteiger charge is 2.51. The lowest BCUT2D eigenvalue weighted by atomic mass is 9.80. The number of rotatable bonds is 10. The number of ether oxygens (including phenoxy) is 1. The van der Waals surface area contributed by atoms with Crippen LogP contribution in [-0.2, 0) is 18.8 Å². The maximum atomic E-state index is 12.0. The number of hydrogen-bond donors (Lipinski definition) is 0. The van der Waals surface area contributed by atoms with Gasteiger partial charge in [0.2, 0.25) is 0 Å². The van der Waals surface area contributed by atoms with Crippen molar-refractivity contribution >= 4 is 13.1 Å². The molecule has 0 aromatic rings. The first-order valence-corrected chi connectivity index (χ1v) is 9.36. The van der Waals surface area contributed by atoms with Gasteiger partial charge in [-0.3, -0.25) is 0 Å². The van der Waals surface area contributed by atoms with E-state index in [9.17, 15) is 4.79 Å². The molecule has 0 saturated carbocycles. The van der Waals surface area contributed by atoms with Crippen molar-refractivity contribution in [3.05, 3.63) is 11.6 Å². The maximum Gasteiger partial charge on any atom is 0.462 e. The van der Waals surface area contributed by atoms with Gasteiger partial charge in [-0.15, -0.1) is 0 Å². The van der Waals surface area contributed by atoms with Gasteiger partial charge in [0.25, 0.3) is 0 Å². The van der Waals surface area contributed by atoms with E-state index in [0.29, 0.717) is 11.9 Å². The SMILES string of the molecule is CCCCCCCC/C=C(\CB1OC(C)(C)C(C)(C)O1)C(=O)OC. The first kappa shape index (κ1) is 21.2. The average molecular weight is 338 g/mol. The molecule has 0 aromatic heterocycles. The minimum absolute atomic E-state index is 0.282. The third-order valence-electron chi connectivity index (χ3n) is 5.08. The van der Waals surface area contributed by atoms with Crippen LogP contribution in [0.5, 0.6) is 0 Å². The number of carbonyl (C=O) groups is 1. The Morgan fingerprint density at radius 2 is 1.54 bits per heavy atom. The van der Waals surface area contributed by atoms with Crippen LogP contribution in [0, 0.1) is 0 Å². The van der Waals surface area contributed by atoms with E-state index in [2.05, 4.69) is 6.92 Å². The van der Waals surface area contributed by atoms with Crippen molar-refractivity contribution in [2.75, 3.05) is 7.11 Å². The van der Waals surface area contributed by atoms with Gasteiger partial charge >= 0.3 is 13.1 Å². The quantitative estimate of drug-likeness (QED) is 0.245. The van der Waals surface area contributed by atoms with Crippen LogP contribution < -0.4 is 0 Å². The molecule has 0 radical (unpaired) electrons. The summed E-state index contributed by atoms with van der Waals surface area (Å²) in [5, 5.41) is 0. The Balaban J connectivity index is 2.51. The van der Waals surface area contributed by atoms with E-state index in [4.69, 9.17) is 14.0 Å². The molecule has 0 aliphatic carbocycles. The van der Waals surface area contributed by atoms with Crippen LogP contribution in [0.1, 0.15) is 79.6 Å². The van der Waals surface area contributed by atoms with Crippen LogP contribution in [0.15, 0.2) is 11.6 Å². The fourth-order valence-corrected chi connectivity index (χ4v) is 2.81. The van der Waals surface area contributed by atoms with Crippen molar-refractivity contribution in [3.63, 3.8) is 0 Å². The zero-order valence-corrected chi connectivity index (χ0v) is 16.4. The normalized spacial score (nSPS) is 19.6. The highest BCUT2D eigenvalue weighted by atomic mass is 16.7. The summed E-state index contributed by atoms with van der Waals surface area (Å²) in [6.45, 7) is 10.3. The zero-order chi connectivity index (χ0) is 18.2. The van der Waals surface area contributed by atoms with E-state index >= 15 is 0 Å². The molecule has 24 heavy (non-hydrogen) atoms. The van der Waals surface area contributed by atoms with Gasteiger partial charge in [-0.05, 0) is 40.5 Å². The molecule has 0 unspecified atom stereocenters. The molecule has 1 fully saturated rings. The minimum atomic E-state index is -0.398. The lowest BCUT2D eigenvalue weighted by Crippen LogP contribution is -2.41. The third-order valence-corrected chi connectivity index (χ3v) is 5.08. The lowest BCUT2D eigenvalue weighted by Gasteiger charge is -2.32. The highest BCUT2D eigenvalue weighted by molar-refractivity contribution is 6.47. The summed E-state index contributed by atoms with van der Waals surface area (Å²) in [6.07, 6.45) is 10.8. The van der Waals surface area contributed by atoms with Crippen LogP contribution in [0.4, 0.5) is 0 Å². The predicted octanol–water partition coefficient (Wildman–Crippen LogP) is 4.93. The summed E-state index contributed by atoms with van der Waals surface area (Å²) in [5.41, 5.74) is -0.0966. The molecular weight excluding hydrogens is 303 g/mol. The fraction of sp³-hybridized carbons (Fsp3) is 0.842. The zero-order valence-electron chi connectivity index (χ0n) is 16.4. The van der Waals surface area contributed by atoms with Crippen LogP contribution in [0.3, 0.4) is 0 Å². The summed E-state index contributed by atoms with van der Waals surface area (Å²) in [5.74, 6) is -0.282. The first-order chi connectivity index (χ1) is 11.2. The topological polar surface area (TPSA) is 44.8 Å². The predicted molar refractivity (Wildman–Crippen MR) is 99.0 cm³/mol. The van der Waals surface area contributed by atoms with Gasteiger partial charge in [-0.1, -0.05) is 45.1 Å². The molecule has 0 aromatic carbocycles. The largest absolute Gasteiger partial charge is 0.466 e. The van der Waals surface area contributed by atoms with Crippen molar-refractivity contribution in [3.8, 4) is 0 Å². The van der Waals surface area contributed by atoms with Gasteiger partial charge in [-0.25, -0.2) is 4.79 Å². The first-order valence-electron chi connectivity index (χ1n) is 9.36. The standard InChI is InChI=1S/C19H35BO4/c1-7-8-9-10-11-12-13-14-16(17(21)22-6)15-20-23-18(2,3)19(4,5)24-20/h14H,7-13,15H2,1-6H3/b16-14+. The molecule has 0 amide bonds. The van der Waals surface area contributed by atoms with Gasteiger partial charge in [0.1, 0.15) is 0 Å². The second-order valence-electron chi connectivity index (χ2n) is 7.67. The Hall–Kier alpha value is -0.805. The Morgan fingerprint density at radius 1 is 1.00 bits per heavy atom. The van der Waals surface area contributed by atoms with Crippen molar-refractivity contribution in [1.82, 2.24) is 0 Å². The van der Waals surface area contributed by atoms with E-state index in [1.165, 1.54) is 39.2 Å². The maximum absolute atomic E-state index is 12.0. The molecule has 5 heteroatoms. The summed E-state index contributed by atoms with van der Waals surface area (Å²) >= 11 is 0. The molecule has 0 spiro atoms. The van der Waals surface area contributed by atoms with Gasteiger partial charge in [0.15, 0.2) is 0 Å². The van der Waals surface area contributed by atoms with E-state index in [1.807, 2.05) is 33.8 Å². The summed E-state index contributed by atoms with van der Waals surface area (Å²) < 4.78 is 16.9. The smallest absolute Gasteiger partial charge is 0.462 e. The molecule has 1 rings (SSSR count). The molecule has 0 N–H and O–H groups in total. The summed E-state index contributed by atoms with van der Waals surface area (Å²) in [6, 6.07) is 0. The molecule has 0 bridgehead atoms. The summed E-state index contributed by atoms with van der Waals surface area (Å²) in [4.78, 5) is 12.0. The van der Waals surface area contributed by atoms with Gasteiger partial charge in [0.05, 0.1) is 18.3 Å². The number of hydrogen-bond acceptors (Lipinski definition) is 4. The van der Waals surface area contributed by atoms with E-state index in [1.54, 1.807) is 0 Å². The minimum Gasteiger partial charge on any atom is -0.466 e. The summed E-state index contributed by atoms with van der Waals surface area (Å²) in [7, 11) is 1.02. The molecule has 4 nitrogen and oxygen atoms in total.